The number of carbonyl (C=O) groups excluding carboxylic acids is 2. The highest BCUT2D eigenvalue weighted by molar-refractivity contribution is 6.32. The second kappa shape index (κ2) is 8.83. The van der Waals surface area contributed by atoms with Gasteiger partial charge in [-0.25, -0.2) is 0 Å². The van der Waals surface area contributed by atoms with E-state index >= 15 is 0 Å². The molecule has 2 aliphatic rings. The van der Waals surface area contributed by atoms with Crippen LogP contribution in [0, 0.1) is 0 Å². The summed E-state index contributed by atoms with van der Waals surface area (Å²) >= 11 is 6.30. The lowest BCUT2D eigenvalue weighted by Gasteiger charge is -2.28. The summed E-state index contributed by atoms with van der Waals surface area (Å²) in [6, 6.07) is 8.42. The van der Waals surface area contributed by atoms with Crippen LogP contribution in [0.4, 0.5) is 11.4 Å². The molecule has 7 nitrogen and oxygen atoms in total. The molecule has 1 fully saturated rings. The highest BCUT2D eigenvalue weighted by Gasteiger charge is 2.24. The Morgan fingerprint density at radius 1 is 1.13 bits per heavy atom. The Labute approximate surface area is 179 Å². The minimum Gasteiger partial charge on any atom is -0.495 e. The van der Waals surface area contributed by atoms with Crippen LogP contribution in [0.1, 0.15) is 36.0 Å². The summed E-state index contributed by atoms with van der Waals surface area (Å²) in [7, 11) is 1.56. The van der Waals surface area contributed by atoms with Gasteiger partial charge in [-0.15, -0.1) is 0 Å². The number of benzene rings is 2. The lowest BCUT2D eigenvalue weighted by atomic mass is 10.1. The number of ether oxygens (including phenoxy) is 3. The van der Waals surface area contributed by atoms with Gasteiger partial charge < -0.3 is 24.4 Å². The Morgan fingerprint density at radius 2 is 1.97 bits per heavy atom. The summed E-state index contributed by atoms with van der Waals surface area (Å²) in [5.74, 6) is 1.22. The van der Waals surface area contributed by atoms with Crippen LogP contribution < -0.4 is 24.4 Å². The summed E-state index contributed by atoms with van der Waals surface area (Å²) in [6.45, 7) is 1.65. The highest BCUT2D eigenvalue weighted by atomic mass is 35.5. The van der Waals surface area contributed by atoms with Gasteiger partial charge in [0.05, 0.1) is 31.0 Å². The molecule has 1 N–H and O–H groups in total. The molecule has 0 aromatic heterocycles. The maximum absolute atomic E-state index is 12.9. The second-order valence-corrected chi connectivity index (χ2v) is 7.59. The van der Waals surface area contributed by atoms with Crippen LogP contribution in [0.25, 0.3) is 0 Å². The lowest BCUT2D eigenvalue weighted by molar-refractivity contribution is -0.119. The quantitative estimate of drug-likeness (QED) is 0.783. The van der Waals surface area contributed by atoms with Gasteiger partial charge in [0, 0.05) is 30.6 Å². The molecule has 0 bridgehead atoms. The standard InChI is InChI=1S/C22H23ClN2O5/c1-28-18-7-6-15(13-17(18)25-8-3-2-5-20(25)26)24-22(27)14-11-16(23)21-19(12-14)29-9-4-10-30-21/h6-7,11-13H,2-5,8-10H2,1H3,(H,24,27). The molecule has 0 aliphatic carbocycles. The van der Waals surface area contributed by atoms with E-state index in [-0.39, 0.29) is 11.8 Å². The van der Waals surface area contributed by atoms with Crippen molar-refractivity contribution in [3.63, 3.8) is 0 Å². The third kappa shape index (κ3) is 4.16. The molecule has 30 heavy (non-hydrogen) atoms. The number of methoxy groups -OCH3 is 1. The number of fused-ring (bicyclic) bond motifs is 1. The average molecular weight is 431 g/mol. The van der Waals surface area contributed by atoms with Crippen LogP contribution in [0.5, 0.6) is 17.2 Å². The molecule has 158 valence electrons. The van der Waals surface area contributed by atoms with Crippen LogP contribution >= 0.6 is 11.6 Å². The molecule has 8 heteroatoms. The number of rotatable bonds is 4. The molecule has 0 saturated carbocycles. The Kier molecular flexibility index (Phi) is 5.99. The van der Waals surface area contributed by atoms with Gasteiger partial charge in [0.25, 0.3) is 5.91 Å². The molecule has 0 spiro atoms. The van der Waals surface area contributed by atoms with Crippen LogP contribution in [0.15, 0.2) is 30.3 Å². The van der Waals surface area contributed by atoms with E-state index in [4.69, 9.17) is 25.8 Å². The predicted octanol–water partition coefficient (Wildman–Crippen LogP) is 4.28. The van der Waals surface area contributed by atoms with Crippen molar-refractivity contribution >= 4 is 34.8 Å². The first-order chi connectivity index (χ1) is 14.6. The van der Waals surface area contributed by atoms with Gasteiger partial charge in [0.15, 0.2) is 11.5 Å². The molecule has 2 heterocycles. The summed E-state index contributed by atoms with van der Waals surface area (Å²) in [6.07, 6.45) is 3.08. The maximum Gasteiger partial charge on any atom is 0.255 e. The number of halogens is 1. The molecule has 2 amide bonds. The van der Waals surface area contributed by atoms with Crippen LogP contribution in [-0.2, 0) is 4.79 Å². The Balaban J connectivity index is 1.59. The second-order valence-electron chi connectivity index (χ2n) is 7.18. The van der Waals surface area contributed by atoms with E-state index in [0.29, 0.717) is 65.4 Å². The topological polar surface area (TPSA) is 77.1 Å². The van der Waals surface area contributed by atoms with Crippen LogP contribution in [-0.4, -0.2) is 38.7 Å². The summed E-state index contributed by atoms with van der Waals surface area (Å²) in [4.78, 5) is 26.9. The first kappa shape index (κ1) is 20.3. The van der Waals surface area contributed by atoms with Gasteiger partial charge in [-0.2, -0.15) is 0 Å². The minimum atomic E-state index is -0.339. The molecule has 2 aromatic rings. The summed E-state index contributed by atoms with van der Waals surface area (Å²) < 4.78 is 16.7. The normalized spacial score (nSPS) is 16.1. The molecule has 2 aromatic carbocycles. The summed E-state index contributed by atoms with van der Waals surface area (Å²) in [5, 5.41) is 3.19. The van der Waals surface area contributed by atoms with Crippen molar-refractivity contribution in [1.29, 1.82) is 0 Å². The molecule has 0 radical (unpaired) electrons. The Hall–Kier alpha value is -2.93. The number of anilines is 2. The zero-order valence-corrected chi connectivity index (χ0v) is 17.5. The van der Waals surface area contributed by atoms with E-state index in [1.807, 2.05) is 0 Å². The number of piperidine rings is 1. The SMILES string of the molecule is COc1ccc(NC(=O)c2cc(Cl)c3c(c2)OCCCO3)cc1N1CCCCC1=O. The Bertz CT molecular complexity index is 978. The van der Waals surface area contributed by atoms with Crippen LogP contribution in [0.2, 0.25) is 5.02 Å². The average Bonchev–Trinajstić information content (AvgIpc) is 3.00. The molecule has 0 atom stereocenters. The van der Waals surface area contributed by atoms with Gasteiger partial charge in [-0.1, -0.05) is 11.6 Å². The van der Waals surface area contributed by atoms with E-state index in [9.17, 15) is 9.59 Å². The van der Waals surface area contributed by atoms with Crippen molar-refractivity contribution in [3.8, 4) is 17.2 Å². The van der Waals surface area contributed by atoms with Crippen molar-refractivity contribution in [2.24, 2.45) is 0 Å². The molecule has 0 unspecified atom stereocenters. The number of nitrogens with one attached hydrogen (secondary N) is 1. The van der Waals surface area contributed by atoms with E-state index in [1.54, 1.807) is 42.3 Å². The predicted molar refractivity (Wildman–Crippen MR) is 114 cm³/mol. The zero-order chi connectivity index (χ0) is 21.1. The van der Waals surface area contributed by atoms with Crippen molar-refractivity contribution in [2.45, 2.75) is 25.7 Å². The lowest BCUT2D eigenvalue weighted by Crippen LogP contribution is -2.35. The Morgan fingerprint density at radius 3 is 2.77 bits per heavy atom. The smallest absolute Gasteiger partial charge is 0.255 e. The van der Waals surface area contributed by atoms with Crippen molar-refractivity contribution in [2.75, 3.05) is 37.1 Å². The van der Waals surface area contributed by atoms with Gasteiger partial charge in [-0.3, -0.25) is 9.59 Å². The van der Waals surface area contributed by atoms with Gasteiger partial charge in [0.1, 0.15) is 5.75 Å². The van der Waals surface area contributed by atoms with Gasteiger partial charge >= 0.3 is 0 Å². The fourth-order valence-corrected chi connectivity index (χ4v) is 3.87. The number of hydrogen-bond donors (Lipinski definition) is 1. The number of carbonyl (C=O) groups is 2. The molecular formula is C22H23ClN2O5. The fraction of sp³-hybridized carbons (Fsp3) is 0.364. The van der Waals surface area contributed by atoms with Gasteiger partial charge in [0.2, 0.25) is 5.91 Å². The molecular weight excluding hydrogens is 408 g/mol. The van der Waals surface area contributed by atoms with Gasteiger partial charge in [-0.05, 0) is 43.2 Å². The largest absolute Gasteiger partial charge is 0.495 e. The third-order valence-electron chi connectivity index (χ3n) is 5.12. The monoisotopic (exact) mass is 430 g/mol. The van der Waals surface area contributed by atoms with E-state index in [1.165, 1.54) is 0 Å². The number of nitrogens with zero attached hydrogens (tertiary/aromatic N) is 1. The number of amides is 2. The first-order valence-electron chi connectivity index (χ1n) is 9.95. The third-order valence-corrected chi connectivity index (χ3v) is 5.40. The van der Waals surface area contributed by atoms with Crippen molar-refractivity contribution in [3.05, 3.63) is 40.9 Å². The van der Waals surface area contributed by atoms with Crippen molar-refractivity contribution < 1.29 is 23.8 Å². The van der Waals surface area contributed by atoms with Crippen molar-refractivity contribution in [1.82, 2.24) is 0 Å². The number of hydrogen-bond acceptors (Lipinski definition) is 5. The van der Waals surface area contributed by atoms with E-state index in [2.05, 4.69) is 5.32 Å². The van der Waals surface area contributed by atoms with E-state index < -0.39 is 0 Å². The maximum atomic E-state index is 12.9. The zero-order valence-electron chi connectivity index (χ0n) is 16.7. The van der Waals surface area contributed by atoms with E-state index in [0.717, 1.165) is 19.3 Å². The van der Waals surface area contributed by atoms with Crippen LogP contribution in [0.3, 0.4) is 0 Å². The minimum absolute atomic E-state index is 0.0534. The molecule has 2 aliphatic heterocycles. The summed E-state index contributed by atoms with van der Waals surface area (Å²) in [5.41, 5.74) is 1.56. The highest BCUT2D eigenvalue weighted by Crippen LogP contribution is 2.38. The first-order valence-corrected chi connectivity index (χ1v) is 10.3. The molecule has 1 saturated heterocycles. The fourth-order valence-electron chi connectivity index (χ4n) is 3.60. The molecule has 4 rings (SSSR count).